The molecule has 4 nitrogen and oxygen atoms in total. The number of hydrogen-bond acceptors (Lipinski definition) is 5. The Hall–Kier alpha value is -3.31. The molecule has 1 saturated heterocycles. The van der Waals surface area contributed by atoms with Crippen LogP contribution in [0.3, 0.4) is 0 Å². The summed E-state index contributed by atoms with van der Waals surface area (Å²) in [5.74, 6) is 0.692. The van der Waals surface area contributed by atoms with Crippen LogP contribution in [0.1, 0.15) is 33.1 Å². The van der Waals surface area contributed by atoms with Crippen LogP contribution < -0.4 is 15.6 Å². The molecular formula is C29H30N2O2S. The summed E-state index contributed by atoms with van der Waals surface area (Å²) in [5, 5.41) is 6.35. The second-order valence-electron chi connectivity index (χ2n) is 8.42. The summed E-state index contributed by atoms with van der Waals surface area (Å²) in [5.41, 5.74) is 3.89. The van der Waals surface area contributed by atoms with Crippen LogP contribution >= 0.6 is 11.3 Å². The van der Waals surface area contributed by atoms with Crippen molar-refractivity contribution in [3.05, 3.63) is 70.9 Å². The van der Waals surface area contributed by atoms with Gasteiger partial charge in [0.2, 0.25) is 0 Å². The number of fused-ring (bicyclic) bond motifs is 4. The maximum absolute atomic E-state index is 13.0. The van der Waals surface area contributed by atoms with Gasteiger partial charge in [-0.1, -0.05) is 44.2 Å². The van der Waals surface area contributed by atoms with E-state index in [2.05, 4.69) is 52.7 Å². The summed E-state index contributed by atoms with van der Waals surface area (Å²) >= 11 is 1.79. The maximum Gasteiger partial charge on any atom is 0.200 e. The zero-order chi connectivity index (χ0) is 23.7. The van der Waals surface area contributed by atoms with Gasteiger partial charge in [0.1, 0.15) is 5.58 Å². The Morgan fingerprint density at radius 3 is 2.35 bits per heavy atom. The Kier molecular flexibility index (Phi) is 6.29. The zero-order valence-corrected chi connectivity index (χ0v) is 20.8. The third-order valence-corrected chi connectivity index (χ3v) is 7.70. The Balaban J connectivity index is 0.00000117. The molecule has 0 spiro atoms. The van der Waals surface area contributed by atoms with Crippen LogP contribution in [0.15, 0.2) is 69.9 Å². The third-order valence-electron chi connectivity index (χ3n) is 6.49. The van der Waals surface area contributed by atoms with Crippen molar-refractivity contribution in [3.63, 3.8) is 0 Å². The van der Waals surface area contributed by atoms with Gasteiger partial charge in [0.25, 0.3) is 0 Å². The first-order valence-corrected chi connectivity index (χ1v) is 13.0. The maximum atomic E-state index is 13.0. The van der Waals surface area contributed by atoms with Crippen molar-refractivity contribution in [2.75, 3.05) is 30.4 Å². The van der Waals surface area contributed by atoms with Crippen molar-refractivity contribution < 1.29 is 4.42 Å². The number of hydrogen-bond donors (Lipinski definition) is 1. The van der Waals surface area contributed by atoms with E-state index in [9.17, 15) is 4.79 Å². The Morgan fingerprint density at radius 1 is 0.853 bits per heavy atom. The molecule has 0 amide bonds. The fourth-order valence-electron chi connectivity index (χ4n) is 4.81. The molecule has 0 aliphatic carbocycles. The van der Waals surface area contributed by atoms with E-state index in [-0.39, 0.29) is 5.43 Å². The SMILES string of the molecule is CC.CNc1ccc2sc3c(-c4cccc5c(=O)cc(N6CCCCC6)oc45)cccc3c2c1. The first kappa shape index (κ1) is 22.5. The summed E-state index contributed by atoms with van der Waals surface area (Å²) in [6, 6.07) is 20.5. The Morgan fingerprint density at radius 2 is 1.59 bits per heavy atom. The monoisotopic (exact) mass is 470 g/mol. The van der Waals surface area contributed by atoms with Crippen molar-refractivity contribution in [1.29, 1.82) is 0 Å². The van der Waals surface area contributed by atoms with Gasteiger partial charge in [-0.3, -0.25) is 4.79 Å². The van der Waals surface area contributed by atoms with Crippen LogP contribution in [0, 0.1) is 0 Å². The van der Waals surface area contributed by atoms with Crippen molar-refractivity contribution in [3.8, 4) is 11.1 Å². The van der Waals surface area contributed by atoms with Crippen molar-refractivity contribution >= 4 is 54.0 Å². The minimum absolute atomic E-state index is 0.0239. The average molecular weight is 471 g/mol. The molecular weight excluding hydrogens is 440 g/mol. The van der Waals surface area contributed by atoms with Gasteiger partial charge in [0, 0.05) is 63.2 Å². The largest absolute Gasteiger partial charge is 0.440 e. The molecule has 5 heteroatoms. The molecule has 3 aromatic carbocycles. The van der Waals surface area contributed by atoms with Gasteiger partial charge in [-0.05, 0) is 43.5 Å². The molecule has 0 atom stereocenters. The minimum Gasteiger partial charge on any atom is -0.440 e. The van der Waals surface area contributed by atoms with Gasteiger partial charge >= 0.3 is 0 Å². The predicted molar refractivity (Wildman–Crippen MR) is 148 cm³/mol. The van der Waals surface area contributed by atoms with Crippen LogP contribution in [-0.4, -0.2) is 20.1 Å². The van der Waals surface area contributed by atoms with E-state index < -0.39 is 0 Å². The molecule has 0 radical (unpaired) electrons. The lowest BCUT2D eigenvalue weighted by Gasteiger charge is -2.27. The Bertz CT molecular complexity index is 1530. The fourth-order valence-corrected chi connectivity index (χ4v) is 6.02. The number of rotatable bonds is 3. The molecule has 34 heavy (non-hydrogen) atoms. The number of thiophene rings is 1. The quantitative estimate of drug-likeness (QED) is 0.291. The number of anilines is 2. The minimum atomic E-state index is 0.0239. The summed E-state index contributed by atoms with van der Waals surface area (Å²) < 4.78 is 8.92. The summed E-state index contributed by atoms with van der Waals surface area (Å²) in [4.78, 5) is 15.2. The van der Waals surface area contributed by atoms with E-state index in [1.165, 1.54) is 26.6 Å². The van der Waals surface area contributed by atoms with Crippen LogP contribution in [0.4, 0.5) is 11.6 Å². The van der Waals surface area contributed by atoms with E-state index >= 15 is 0 Å². The van der Waals surface area contributed by atoms with Gasteiger partial charge in [0.05, 0.1) is 5.39 Å². The van der Waals surface area contributed by atoms with Crippen LogP contribution in [0.2, 0.25) is 0 Å². The molecule has 174 valence electrons. The lowest BCUT2D eigenvalue weighted by Crippen LogP contribution is -2.30. The summed E-state index contributed by atoms with van der Waals surface area (Å²) in [7, 11) is 1.94. The highest BCUT2D eigenvalue weighted by Crippen LogP contribution is 2.42. The average Bonchev–Trinajstić information content (AvgIpc) is 3.28. The van der Waals surface area contributed by atoms with Crippen molar-refractivity contribution in [2.45, 2.75) is 33.1 Å². The van der Waals surface area contributed by atoms with E-state index in [1.54, 1.807) is 17.4 Å². The number of para-hydroxylation sites is 1. The molecule has 6 rings (SSSR count). The van der Waals surface area contributed by atoms with Gasteiger partial charge in [-0.2, -0.15) is 0 Å². The van der Waals surface area contributed by atoms with Gasteiger partial charge in [-0.25, -0.2) is 0 Å². The zero-order valence-electron chi connectivity index (χ0n) is 20.0. The molecule has 1 aliphatic rings. The second kappa shape index (κ2) is 9.51. The highest BCUT2D eigenvalue weighted by atomic mass is 32.1. The second-order valence-corrected chi connectivity index (χ2v) is 9.48. The fraction of sp³-hybridized carbons (Fsp3) is 0.276. The topological polar surface area (TPSA) is 45.5 Å². The molecule has 5 aromatic rings. The van der Waals surface area contributed by atoms with Gasteiger partial charge in [0.15, 0.2) is 11.3 Å². The lowest BCUT2D eigenvalue weighted by atomic mass is 10.0. The normalized spacial score (nSPS) is 13.8. The first-order valence-electron chi connectivity index (χ1n) is 12.2. The highest BCUT2D eigenvalue weighted by Gasteiger charge is 2.18. The molecule has 2 aromatic heterocycles. The highest BCUT2D eigenvalue weighted by molar-refractivity contribution is 7.26. The van der Waals surface area contributed by atoms with E-state index in [0.717, 1.165) is 42.7 Å². The summed E-state index contributed by atoms with van der Waals surface area (Å²) in [6.07, 6.45) is 3.51. The van der Waals surface area contributed by atoms with Gasteiger partial charge in [-0.15, -0.1) is 11.3 Å². The number of benzene rings is 3. The van der Waals surface area contributed by atoms with E-state index in [0.29, 0.717) is 16.9 Å². The molecule has 1 N–H and O–H groups in total. The van der Waals surface area contributed by atoms with Crippen molar-refractivity contribution in [2.24, 2.45) is 0 Å². The Labute approximate surface area is 203 Å². The van der Waals surface area contributed by atoms with Crippen molar-refractivity contribution in [1.82, 2.24) is 0 Å². The summed E-state index contributed by atoms with van der Waals surface area (Å²) in [6.45, 7) is 5.88. The lowest BCUT2D eigenvalue weighted by molar-refractivity contribution is 0.513. The molecule has 1 aliphatic heterocycles. The molecule has 3 heterocycles. The molecule has 1 fully saturated rings. The smallest absolute Gasteiger partial charge is 0.200 e. The van der Waals surface area contributed by atoms with Crippen LogP contribution in [0.25, 0.3) is 42.3 Å². The number of nitrogens with zero attached hydrogens (tertiary/aromatic N) is 1. The van der Waals surface area contributed by atoms with Crippen LogP contribution in [0.5, 0.6) is 0 Å². The first-order chi connectivity index (χ1) is 16.7. The number of nitrogens with one attached hydrogen (secondary N) is 1. The molecule has 0 saturated carbocycles. The standard InChI is InChI=1S/C27H24N2O2S.C2H6/c1-28-17-11-12-24-22(15-17)20-9-6-8-19(27(20)32-24)18-7-5-10-21-23(30)16-25(31-26(18)21)29-13-3-2-4-14-29;1-2/h5-12,15-16,28H,2-4,13-14H2,1H3;1-2H3. The predicted octanol–water partition coefficient (Wildman–Crippen LogP) is 7.89. The van der Waals surface area contributed by atoms with Crippen LogP contribution in [-0.2, 0) is 0 Å². The van der Waals surface area contributed by atoms with E-state index in [4.69, 9.17) is 4.42 Å². The number of piperidine rings is 1. The molecule has 0 unspecified atom stereocenters. The third kappa shape index (κ3) is 3.84. The van der Waals surface area contributed by atoms with Gasteiger partial charge < -0.3 is 14.6 Å². The van der Waals surface area contributed by atoms with E-state index in [1.807, 2.05) is 33.0 Å². The molecule has 0 bridgehead atoms.